The molecule has 2 aromatic carbocycles. The first-order valence-corrected chi connectivity index (χ1v) is 11.9. The van der Waals surface area contributed by atoms with Crippen molar-refractivity contribution in [3.63, 3.8) is 0 Å². The first-order chi connectivity index (χ1) is 15.5. The van der Waals surface area contributed by atoms with E-state index in [-0.39, 0.29) is 11.8 Å². The van der Waals surface area contributed by atoms with Crippen LogP contribution in [-0.2, 0) is 17.8 Å². The van der Waals surface area contributed by atoms with Gasteiger partial charge in [-0.15, -0.1) is 11.3 Å². The molecule has 5 nitrogen and oxygen atoms in total. The Labute approximate surface area is 193 Å². The number of carbonyl (C=O) groups excluding carboxylic acids is 2. The minimum Gasteiger partial charge on any atom is -0.349 e. The van der Waals surface area contributed by atoms with Gasteiger partial charge in [0.05, 0.1) is 6.54 Å². The van der Waals surface area contributed by atoms with Gasteiger partial charge in [0, 0.05) is 40.1 Å². The average molecular weight is 448 g/mol. The van der Waals surface area contributed by atoms with Crippen molar-refractivity contribution >= 4 is 28.8 Å². The highest BCUT2D eigenvalue weighted by atomic mass is 32.1. The molecular formula is C26H29N3O2S. The Bertz CT molecular complexity index is 1060. The zero-order valence-corrected chi connectivity index (χ0v) is 19.2. The van der Waals surface area contributed by atoms with Crippen LogP contribution in [0.25, 0.3) is 0 Å². The number of amides is 2. The summed E-state index contributed by atoms with van der Waals surface area (Å²) in [6.07, 6.45) is 2.98. The van der Waals surface area contributed by atoms with Crippen molar-refractivity contribution in [1.82, 2.24) is 10.2 Å². The van der Waals surface area contributed by atoms with E-state index in [9.17, 15) is 9.59 Å². The van der Waals surface area contributed by atoms with E-state index in [0.717, 1.165) is 32.4 Å². The molecule has 32 heavy (non-hydrogen) atoms. The lowest BCUT2D eigenvalue weighted by molar-refractivity contribution is -0.117. The lowest BCUT2D eigenvalue weighted by Gasteiger charge is -2.21. The summed E-state index contributed by atoms with van der Waals surface area (Å²) in [5.74, 6) is -0.160. The van der Waals surface area contributed by atoms with Gasteiger partial charge in [-0.2, -0.15) is 0 Å². The number of anilines is 1. The average Bonchev–Trinajstić information content (AvgIpc) is 3.51. The van der Waals surface area contributed by atoms with Gasteiger partial charge in [0.1, 0.15) is 0 Å². The van der Waals surface area contributed by atoms with Crippen LogP contribution in [-0.4, -0.2) is 35.8 Å². The number of nitrogens with zero attached hydrogens (tertiary/aromatic N) is 1. The molecule has 2 N–H and O–H groups in total. The molecule has 4 rings (SSSR count). The number of nitrogens with one attached hydrogen (secondary N) is 2. The molecule has 0 bridgehead atoms. The quantitative estimate of drug-likeness (QED) is 0.476. The summed E-state index contributed by atoms with van der Waals surface area (Å²) in [4.78, 5) is 29.9. The minimum atomic E-state index is -0.0823. The summed E-state index contributed by atoms with van der Waals surface area (Å²) < 4.78 is 0. The van der Waals surface area contributed by atoms with Crippen molar-refractivity contribution in [2.75, 3.05) is 18.4 Å². The number of carbonyl (C=O) groups is 2. The highest BCUT2D eigenvalue weighted by Gasteiger charge is 2.24. The van der Waals surface area contributed by atoms with Crippen LogP contribution in [0, 0.1) is 6.92 Å². The van der Waals surface area contributed by atoms with Crippen LogP contribution < -0.4 is 10.6 Å². The molecule has 0 saturated heterocycles. The fourth-order valence-electron chi connectivity index (χ4n) is 3.57. The maximum Gasteiger partial charge on any atom is 0.251 e. The molecule has 2 amide bonds. The van der Waals surface area contributed by atoms with Gasteiger partial charge in [0.25, 0.3) is 5.91 Å². The summed E-state index contributed by atoms with van der Waals surface area (Å²) in [5.41, 5.74) is 2.48. The number of thiophene rings is 1. The van der Waals surface area contributed by atoms with Gasteiger partial charge in [0.2, 0.25) is 5.91 Å². The lowest BCUT2D eigenvalue weighted by Crippen LogP contribution is -2.34. The smallest absolute Gasteiger partial charge is 0.251 e. The Balaban J connectivity index is 1.38. The van der Waals surface area contributed by atoms with Crippen molar-refractivity contribution in [3.05, 3.63) is 87.6 Å². The second-order valence-corrected chi connectivity index (χ2v) is 9.71. The number of hydrogen-bond donors (Lipinski definition) is 2. The Kier molecular flexibility index (Phi) is 7.35. The van der Waals surface area contributed by atoms with Crippen LogP contribution in [0.15, 0.2) is 66.7 Å². The molecule has 3 aromatic rings. The zero-order chi connectivity index (χ0) is 22.3. The molecule has 1 fully saturated rings. The Hall–Kier alpha value is -2.96. The van der Waals surface area contributed by atoms with Crippen LogP contribution in [0.3, 0.4) is 0 Å². The molecule has 1 aromatic heterocycles. The van der Waals surface area contributed by atoms with E-state index in [1.54, 1.807) is 29.5 Å². The van der Waals surface area contributed by atoms with Gasteiger partial charge < -0.3 is 10.6 Å². The third-order valence-corrected chi connectivity index (χ3v) is 6.41. The van der Waals surface area contributed by atoms with E-state index in [1.165, 1.54) is 15.3 Å². The van der Waals surface area contributed by atoms with E-state index < -0.39 is 0 Å². The summed E-state index contributed by atoms with van der Waals surface area (Å²) >= 11 is 1.77. The van der Waals surface area contributed by atoms with E-state index in [2.05, 4.69) is 46.7 Å². The Morgan fingerprint density at radius 2 is 1.84 bits per heavy atom. The van der Waals surface area contributed by atoms with E-state index in [1.807, 2.05) is 24.3 Å². The monoisotopic (exact) mass is 447 g/mol. The molecule has 0 aliphatic heterocycles. The first kappa shape index (κ1) is 22.2. The van der Waals surface area contributed by atoms with Crippen molar-refractivity contribution in [2.24, 2.45) is 0 Å². The molecule has 1 aliphatic rings. The Morgan fingerprint density at radius 1 is 1.03 bits per heavy atom. The molecule has 1 heterocycles. The molecule has 166 valence electrons. The molecule has 0 radical (unpaired) electrons. The highest BCUT2D eigenvalue weighted by molar-refractivity contribution is 7.11. The van der Waals surface area contributed by atoms with E-state index in [0.29, 0.717) is 23.8 Å². The molecule has 1 aliphatic carbocycles. The summed E-state index contributed by atoms with van der Waals surface area (Å²) in [7, 11) is 0. The summed E-state index contributed by atoms with van der Waals surface area (Å²) in [6.45, 7) is 3.92. The molecule has 0 atom stereocenters. The molecular weight excluding hydrogens is 418 g/mol. The Morgan fingerprint density at radius 3 is 2.56 bits per heavy atom. The van der Waals surface area contributed by atoms with Gasteiger partial charge in [-0.05, 0) is 62.1 Å². The third kappa shape index (κ3) is 6.77. The molecule has 0 spiro atoms. The third-order valence-electron chi connectivity index (χ3n) is 5.42. The number of aryl methyl sites for hydroxylation is 1. The lowest BCUT2D eigenvalue weighted by atomic mass is 10.1. The van der Waals surface area contributed by atoms with Crippen LogP contribution >= 0.6 is 11.3 Å². The molecule has 6 heteroatoms. The van der Waals surface area contributed by atoms with Crippen LogP contribution in [0.1, 0.15) is 38.5 Å². The maximum absolute atomic E-state index is 12.8. The number of benzene rings is 2. The van der Waals surface area contributed by atoms with Crippen molar-refractivity contribution in [1.29, 1.82) is 0 Å². The largest absolute Gasteiger partial charge is 0.349 e. The van der Waals surface area contributed by atoms with Gasteiger partial charge in [-0.3, -0.25) is 14.5 Å². The zero-order valence-electron chi connectivity index (χ0n) is 18.3. The summed E-state index contributed by atoms with van der Waals surface area (Å²) in [6, 6.07) is 22.0. The molecule has 0 unspecified atom stereocenters. The standard InChI is InChI=1S/C26H29N3O2S/c1-19-10-13-24(32-19)17-29(15-14-20-6-3-2-4-7-20)18-25(30)27-23-9-5-8-21(16-23)26(31)28-22-11-12-22/h2-10,13,16,22H,11-12,14-15,17-18H2,1H3,(H,27,30)(H,28,31). The second-order valence-electron chi connectivity index (χ2n) is 8.34. The maximum atomic E-state index is 12.8. The normalized spacial score (nSPS) is 13.2. The minimum absolute atomic E-state index is 0.0777. The fraction of sp³-hybridized carbons (Fsp3) is 0.308. The predicted molar refractivity (Wildman–Crippen MR) is 130 cm³/mol. The van der Waals surface area contributed by atoms with Gasteiger partial charge in [-0.25, -0.2) is 0 Å². The second kappa shape index (κ2) is 10.6. The van der Waals surface area contributed by atoms with Crippen molar-refractivity contribution in [3.8, 4) is 0 Å². The van der Waals surface area contributed by atoms with Crippen LogP contribution in [0.5, 0.6) is 0 Å². The molecule has 1 saturated carbocycles. The fourth-order valence-corrected chi connectivity index (χ4v) is 4.51. The highest BCUT2D eigenvalue weighted by Crippen LogP contribution is 2.20. The van der Waals surface area contributed by atoms with Crippen LogP contribution in [0.2, 0.25) is 0 Å². The van der Waals surface area contributed by atoms with Crippen molar-refractivity contribution in [2.45, 2.75) is 38.8 Å². The predicted octanol–water partition coefficient (Wildman–Crippen LogP) is 4.63. The topological polar surface area (TPSA) is 61.4 Å². The van der Waals surface area contributed by atoms with Gasteiger partial charge in [-0.1, -0.05) is 36.4 Å². The van der Waals surface area contributed by atoms with Gasteiger partial charge >= 0.3 is 0 Å². The van der Waals surface area contributed by atoms with Crippen LogP contribution in [0.4, 0.5) is 5.69 Å². The van der Waals surface area contributed by atoms with Crippen molar-refractivity contribution < 1.29 is 9.59 Å². The number of rotatable bonds is 10. The van der Waals surface area contributed by atoms with Gasteiger partial charge in [0.15, 0.2) is 0 Å². The SMILES string of the molecule is Cc1ccc(CN(CCc2ccccc2)CC(=O)Nc2cccc(C(=O)NC3CC3)c2)s1. The van der Waals surface area contributed by atoms with E-state index >= 15 is 0 Å². The summed E-state index contributed by atoms with van der Waals surface area (Å²) in [5, 5.41) is 5.95. The number of hydrogen-bond acceptors (Lipinski definition) is 4. The van der Waals surface area contributed by atoms with E-state index in [4.69, 9.17) is 0 Å². The first-order valence-electron chi connectivity index (χ1n) is 11.1.